The third-order valence-electron chi connectivity index (χ3n) is 2.44. The lowest BCUT2D eigenvalue weighted by molar-refractivity contribution is -0.884. The molecule has 0 spiro atoms. The van der Waals surface area contributed by atoms with E-state index in [0.717, 1.165) is 11.0 Å². The molecule has 3 nitrogen and oxygen atoms in total. The monoisotopic (exact) mass is 292 g/mol. The van der Waals surface area contributed by atoms with Gasteiger partial charge < -0.3 is 9.04 Å². The highest BCUT2D eigenvalue weighted by molar-refractivity contribution is 7.79. The Morgan fingerprint density at radius 2 is 1.35 bits per heavy atom. The summed E-state index contributed by atoms with van der Waals surface area (Å²) in [4.78, 5) is 0.442. The molecule has 0 aliphatic carbocycles. The predicted octanol–water partition coefficient (Wildman–Crippen LogP) is 3.16. The van der Waals surface area contributed by atoms with Crippen LogP contribution in [0.4, 0.5) is 0 Å². The summed E-state index contributed by atoms with van der Waals surface area (Å²) in [7, 11) is 6.60. The van der Waals surface area contributed by atoms with Crippen LogP contribution < -0.4 is 0 Å². The lowest BCUT2D eigenvalue weighted by Gasteiger charge is -2.23. The van der Waals surface area contributed by atoms with Gasteiger partial charge in [-0.1, -0.05) is 48.5 Å². The van der Waals surface area contributed by atoms with E-state index >= 15 is 0 Å². The zero-order valence-corrected chi connectivity index (χ0v) is 13.0. The third-order valence-corrected chi connectivity index (χ3v) is 3.12. The largest absolute Gasteiger partial charge is 0.327 e. The van der Waals surface area contributed by atoms with Gasteiger partial charge in [0.2, 0.25) is 0 Å². The number of nitrogens with zero attached hydrogens (tertiary/aromatic N) is 1. The first-order chi connectivity index (χ1) is 9.38. The third kappa shape index (κ3) is 7.19. The first kappa shape index (κ1) is 16.6. The van der Waals surface area contributed by atoms with Gasteiger partial charge in [0.15, 0.2) is 11.1 Å². The zero-order chi connectivity index (χ0) is 15.0. The fourth-order valence-electron chi connectivity index (χ4n) is 1.67. The van der Waals surface area contributed by atoms with Gasteiger partial charge in [-0.15, -0.1) is 0 Å². The Balaban J connectivity index is 0.000000204. The van der Waals surface area contributed by atoms with E-state index in [4.69, 9.17) is 4.55 Å². The highest BCUT2D eigenvalue weighted by Gasteiger charge is 2.06. The number of quaternary nitrogens is 1. The molecule has 1 unspecified atom stereocenters. The molecule has 0 amide bonds. The summed E-state index contributed by atoms with van der Waals surface area (Å²) in [5.41, 5.74) is 1.40. The maximum atomic E-state index is 10.3. The lowest BCUT2D eigenvalue weighted by atomic mass is 10.2. The summed E-state index contributed by atoms with van der Waals surface area (Å²) in [6.45, 7) is 1.10. The number of hydrogen-bond acceptors (Lipinski definition) is 1. The van der Waals surface area contributed by atoms with Gasteiger partial charge in [0.25, 0.3) is 0 Å². The second-order valence-electron chi connectivity index (χ2n) is 5.50. The van der Waals surface area contributed by atoms with Crippen molar-refractivity contribution in [2.45, 2.75) is 11.4 Å². The fourth-order valence-corrected chi connectivity index (χ4v) is 2.06. The highest BCUT2D eigenvalue weighted by atomic mass is 32.2. The Morgan fingerprint density at radius 3 is 1.70 bits per heavy atom. The molecule has 2 aromatic carbocycles. The zero-order valence-electron chi connectivity index (χ0n) is 12.2. The quantitative estimate of drug-likeness (QED) is 0.697. The van der Waals surface area contributed by atoms with Crippen molar-refractivity contribution in [1.82, 2.24) is 0 Å². The van der Waals surface area contributed by atoms with Crippen LogP contribution in [-0.2, 0) is 17.6 Å². The van der Waals surface area contributed by atoms with Gasteiger partial charge >= 0.3 is 0 Å². The summed E-state index contributed by atoms with van der Waals surface area (Å²) < 4.78 is 19.8. The SMILES string of the molecule is C[N+](C)(C)Cc1ccccc1.O=S(O)c1ccccc1. The molecule has 0 aliphatic heterocycles. The van der Waals surface area contributed by atoms with Crippen molar-refractivity contribution in [2.24, 2.45) is 0 Å². The summed E-state index contributed by atoms with van der Waals surface area (Å²) in [5.74, 6) is 0. The molecule has 0 saturated carbocycles. The van der Waals surface area contributed by atoms with Crippen molar-refractivity contribution in [3.8, 4) is 0 Å². The van der Waals surface area contributed by atoms with E-state index in [1.807, 2.05) is 0 Å². The summed E-state index contributed by atoms with van der Waals surface area (Å²) >= 11 is -1.83. The first-order valence-electron chi connectivity index (χ1n) is 6.39. The molecule has 20 heavy (non-hydrogen) atoms. The first-order valence-corrected chi connectivity index (χ1v) is 7.49. The molecular formula is C16H22NO2S+. The Hall–Kier alpha value is -1.49. The van der Waals surface area contributed by atoms with Crippen molar-refractivity contribution < 1.29 is 13.2 Å². The van der Waals surface area contributed by atoms with Crippen LogP contribution in [-0.4, -0.2) is 34.4 Å². The average molecular weight is 292 g/mol. The average Bonchev–Trinajstić information content (AvgIpc) is 2.40. The molecular weight excluding hydrogens is 270 g/mol. The predicted molar refractivity (Wildman–Crippen MR) is 83.7 cm³/mol. The van der Waals surface area contributed by atoms with Gasteiger partial charge in [0.05, 0.1) is 26.0 Å². The van der Waals surface area contributed by atoms with E-state index in [1.165, 1.54) is 5.56 Å². The Labute approximate surface area is 123 Å². The van der Waals surface area contributed by atoms with E-state index in [-0.39, 0.29) is 0 Å². The fraction of sp³-hybridized carbons (Fsp3) is 0.250. The summed E-state index contributed by atoms with van der Waals surface area (Å²) in [6.07, 6.45) is 0. The van der Waals surface area contributed by atoms with Gasteiger partial charge in [-0.25, -0.2) is 4.21 Å². The van der Waals surface area contributed by atoms with Crippen molar-refractivity contribution in [2.75, 3.05) is 21.1 Å². The molecule has 0 fully saturated rings. The van der Waals surface area contributed by atoms with E-state index < -0.39 is 11.1 Å². The normalized spacial score (nSPS) is 12.2. The van der Waals surface area contributed by atoms with Gasteiger partial charge in [-0.3, -0.25) is 0 Å². The molecule has 0 radical (unpaired) electrons. The molecule has 2 aromatic rings. The van der Waals surface area contributed by atoms with Crippen molar-refractivity contribution in [3.05, 3.63) is 66.2 Å². The van der Waals surface area contributed by atoms with Crippen LogP contribution in [0.15, 0.2) is 65.6 Å². The van der Waals surface area contributed by atoms with Gasteiger partial charge in [0, 0.05) is 5.56 Å². The van der Waals surface area contributed by atoms with Crippen LogP contribution in [0.5, 0.6) is 0 Å². The molecule has 0 heterocycles. The molecule has 1 N–H and O–H groups in total. The van der Waals surface area contributed by atoms with E-state index in [0.29, 0.717) is 4.90 Å². The van der Waals surface area contributed by atoms with Crippen LogP contribution in [0.2, 0.25) is 0 Å². The van der Waals surface area contributed by atoms with Gasteiger partial charge in [0.1, 0.15) is 6.54 Å². The minimum absolute atomic E-state index is 0.442. The molecule has 4 heteroatoms. The van der Waals surface area contributed by atoms with Crippen LogP contribution in [0, 0.1) is 0 Å². The Kier molecular flexibility index (Phi) is 6.58. The molecule has 0 bridgehead atoms. The molecule has 2 rings (SSSR count). The highest BCUT2D eigenvalue weighted by Crippen LogP contribution is 2.05. The minimum atomic E-state index is -1.83. The lowest BCUT2D eigenvalue weighted by Crippen LogP contribution is -2.33. The molecule has 0 aromatic heterocycles. The molecule has 0 aliphatic rings. The van der Waals surface area contributed by atoms with Gasteiger partial charge in [-0.05, 0) is 12.1 Å². The summed E-state index contributed by atoms with van der Waals surface area (Å²) in [6, 6.07) is 19.0. The van der Waals surface area contributed by atoms with Crippen LogP contribution >= 0.6 is 0 Å². The maximum Gasteiger partial charge on any atom is 0.186 e. The second-order valence-corrected chi connectivity index (χ2v) is 6.47. The smallest absolute Gasteiger partial charge is 0.186 e. The summed E-state index contributed by atoms with van der Waals surface area (Å²) in [5, 5.41) is 0. The van der Waals surface area contributed by atoms with Crippen LogP contribution in [0.1, 0.15) is 5.56 Å². The maximum absolute atomic E-state index is 10.3. The van der Waals surface area contributed by atoms with Crippen molar-refractivity contribution in [1.29, 1.82) is 0 Å². The second kappa shape index (κ2) is 7.94. The Bertz CT molecular complexity index is 521. The number of benzene rings is 2. The molecule has 0 saturated heterocycles. The van der Waals surface area contributed by atoms with E-state index in [1.54, 1.807) is 30.3 Å². The standard InChI is InChI=1S/C10H16N.C6H6O2S/c1-11(2,3)9-10-7-5-4-6-8-10;7-9(8)6-4-2-1-3-5-6/h4-8H,9H2,1-3H3;1-5H,(H,7,8)/q+1;. The van der Waals surface area contributed by atoms with Gasteiger partial charge in [-0.2, -0.15) is 0 Å². The van der Waals surface area contributed by atoms with E-state index in [9.17, 15) is 4.21 Å². The number of rotatable bonds is 3. The van der Waals surface area contributed by atoms with Crippen LogP contribution in [0.25, 0.3) is 0 Å². The van der Waals surface area contributed by atoms with Crippen molar-refractivity contribution >= 4 is 11.1 Å². The van der Waals surface area contributed by atoms with E-state index in [2.05, 4.69) is 51.5 Å². The minimum Gasteiger partial charge on any atom is -0.327 e. The molecule has 108 valence electrons. The topological polar surface area (TPSA) is 37.3 Å². The molecule has 1 atom stereocenters. The van der Waals surface area contributed by atoms with Crippen molar-refractivity contribution in [3.63, 3.8) is 0 Å². The Morgan fingerprint density at radius 1 is 0.900 bits per heavy atom. The number of hydrogen-bond donors (Lipinski definition) is 1. The van der Waals surface area contributed by atoms with Crippen LogP contribution in [0.3, 0.4) is 0 Å².